The Morgan fingerprint density at radius 3 is 2.12 bits per heavy atom. The van der Waals surface area contributed by atoms with Gasteiger partial charge in [-0.2, -0.15) is 8.42 Å². The number of hydrogen-bond acceptors (Lipinski definition) is 8. The van der Waals surface area contributed by atoms with Crippen LogP contribution in [0.2, 0.25) is 0 Å². The van der Waals surface area contributed by atoms with Gasteiger partial charge in [-0.05, 0) is 0 Å². The first kappa shape index (κ1) is 14.2. The van der Waals surface area contributed by atoms with Crippen LogP contribution in [0.5, 0.6) is 0 Å². The number of carbonyl (C=O) groups is 1. The van der Waals surface area contributed by atoms with Crippen LogP contribution in [0, 0.1) is 0 Å². The van der Waals surface area contributed by atoms with Crippen molar-refractivity contribution in [3.63, 3.8) is 0 Å². The van der Waals surface area contributed by atoms with Crippen molar-refractivity contribution in [1.29, 1.82) is 0 Å². The number of carboxylic acid groups (broad SMARTS) is 1. The monoisotopic (exact) mass is 274 g/mol. The highest BCUT2D eigenvalue weighted by molar-refractivity contribution is 7.80. The number of aliphatic hydroxyl groups is 3. The highest BCUT2D eigenvalue weighted by atomic mass is 32.3. The third-order valence-corrected chi connectivity index (χ3v) is 2.51. The Kier molecular flexibility index (Phi) is 4.03. The Bertz CT molecular complexity index is 390. The van der Waals surface area contributed by atoms with Crippen molar-refractivity contribution < 1.29 is 47.1 Å². The van der Waals surface area contributed by atoms with Gasteiger partial charge < -0.3 is 25.2 Å². The minimum atomic E-state index is -5.01. The molecule has 0 aromatic carbocycles. The highest BCUT2D eigenvalue weighted by Gasteiger charge is 2.49. The lowest BCUT2D eigenvalue weighted by Gasteiger charge is -2.37. The van der Waals surface area contributed by atoms with E-state index < -0.39 is 47.1 Å². The van der Waals surface area contributed by atoms with Crippen LogP contribution in [0.3, 0.4) is 0 Å². The van der Waals surface area contributed by atoms with Gasteiger partial charge in [-0.15, -0.1) is 0 Å². The molecule has 17 heavy (non-hydrogen) atoms. The Hall–Kier alpha value is -0.820. The molecule has 5 N–H and O–H groups in total. The van der Waals surface area contributed by atoms with Gasteiger partial charge in [0.1, 0.15) is 12.2 Å². The fraction of sp³-hybridized carbons (Fsp3) is 0.833. The Labute approximate surface area is 95.0 Å². The van der Waals surface area contributed by atoms with Crippen molar-refractivity contribution in [3.8, 4) is 0 Å². The molecule has 0 saturated carbocycles. The summed E-state index contributed by atoms with van der Waals surface area (Å²) < 4.78 is 37.3. The molecule has 0 bridgehead atoms. The number of ether oxygens (including phenoxy) is 1. The van der Waals surface area contributed by atoms with Crippen molar-refractivity contribution in [1.82, 2.24) is 0 Å². The first-order valence-corrected chi connectivity index (χ1v) is 5.58. The second kappa shape index (κ2) is 4.81. The predicted molar refractivity (Wildman–Crippen MR) is 47.0 cm³/mol. The summed E-state index contributed by atoms with van der Waals surface area (Å²) in [5.41, 5.74) is 0. The average molecular weight is 274 g/mol. The summed E-state index contributed by atoms with van der Waals surface area (Å²) in [5.74, 6) is -1.67. The maximum absolute atomic E-state index is 10.5. The van der Waals surface area contributed by atoms with E-state index in [0.29, 0.717) is 0 Å². The smallest absolute Gasteiger partial charge is 0.397 e. The van der Waals surface area contributed by atoms with Crippen LogP contribution in [0.25, 0.3) is 0 Å². The summed E-state index contributed by atoms with van der Waals surface area (Å²) in [4.78, 5) is 10.5. The van der Waals surface area contributed by atoms with Gasteiger partial charge in [0.2, 0.25) is 0 Å². The van der Waals surface area contributed by atoms with Crippen LogP contribution < -0.4 is 0 Å². The van der Waals surface area contributed by atoms with Gasteiger partial charge in [0.15, 0.2) is 18.5 Å². The van der Waals surface area contributed by atoms with E-state index in [2.05, 4.69) is 8.92 Å². The molecule has 0 amide bonds. The van der Waals surface area contributed by atoms with E-state index >= 15 is 0 Å². The van der Waals surface area contributed by atoms with Crippen molar-refractivity contribution >= 4 is 16.4 Å². The first-order chi connectivity index (χ1) is 7.63. The van der Waals surface area contributed by atoms with Gasteiger partial charge in [0, 0.05) is 0 Å². The lowest BCUT2D eigenvalue weighted by Crippen LogP contribution is -2.60. The summed E-state index contributed by atoms with van der Waals surface area (Å²) in [6, 6.07) is 0. The molecule has 100 valence electrons. The molecule has 0 aromatic heterocycles. The minimum Gasteiger partial charge on any atom is -0.479 e. The Balaban J connectivity index is 2.87. The molecule has 0 aliphatic carbocycles. The summed E-state index contributed by atoms with van der Waals surface area (Å²) in [7, 11) is -5.01. The second-order valence-electron chi connectivity index (χ2n) is 3.26. The van der Waals surface area contributed by atoms with E-state index in [-0.39, 0.29) is 0 Å². The van der Waals surface area contributed by atoms with E-state index in [1.165, 1.54) is 0 Å². The van der Waals surface area contributed by atoms with Crippen LogP contribution in [-0.4, -0.2) is 70.1 Å². The van der Waals surface area contributed by atoms with Crippen LogP contribution in [-0.2, 0) is 24.1 Å². The molecule has 10 nitrogen and oxygen atoms in total. The number of rotatable bonds is 3. The lowest BCUT2D eigenvalue weighted by molar-refractivity contribution is -0.274. The van der Waals surface area contributed by atoms with E-state index in [0.717, 1.165) is 0 Å². The normalized spacial score (nSPS) is 38.9. The third kappa shape index (κ3) is 3.32. The van der Waals surface area contributed by atoms with Gasteiger partial charge in [0.05, 0.1) is 0 Å². The van der Waals surface area contributed by atoms with Gasteiger partial charge in [-0.1, -0.05) is 0 Å². The Morgan fingerprint density at radius 1 is 1.18 bits per heavy atom. The molecule has 1 aliphatic heterocycles. The molecule has 11 heteroatoms. The molecule has 0 radical (unpaired) electrons. The van der Waals surface area contributed by atoms with Crippen molar-refractivity contribution in [2.75, 3.05) is 0 Å². The van der Waals surface area contributed by atoms with Crippen molar-refractivity contribution in [2.45, 2.75) is 30.7 Å². The van der Waals surface area contributed by atoms with E-state index in [1.54, 1.807) is 0 Å². The minimum absolute atomic E-state index is 1.67. The van der Waals surface area contributed by atoms with E-state index in [1.807, 2.05) is 0 Å². The zero-order valence-corrected chi connectivity index (χ0v) is 8.89. The van der Waals surface area contributed by atoms with Crippen LogP contribution in [0.1, 0.15) is 0 Å². The van der Waals surface area contributed by atoms with Gasteiger partial charge in [-0.3, -0.25) is 4.55 Å². The maximum atomic E-state index is 10.5. The molecular weight excluding hydrogens is 264 g/mol. The molecular formula is C6H10O10S. The molecule has 5 atom stereocenters. The second-order valence-corrected chi connectivity index (χ2v) is 4.30. The van der Waals surface area contributed by atoms with Crippen LogP contribution in [0.15, 0.2) is 0 Å². The van der Waals surface area contributed by atoms with Crippen LogP contribution >= 0.6 is 0 Å². The zero-order valence-electron chi connectivity index (χ0n) is 8.07. The standard InChI is InChI=1S/C6H10O10S/c7-1-2(8)4(16-17(12,13)14)6(11)15-3(1)5(9)10/h1-4,6-8,11H,(H,9,10)(H,12,13,14)/t1-,2-,3?,4?,6?/m0/s1. The molecule has 1 fully saturated rings. The van der Waals surface area contributed by atoms with Crippen molar-refractivity contribution in [2.24, 2.45) is 0 Å². The third-order valence-electron chi connectivity index (χ3n) is 2.04. The summed E-state index contributed by atoms with van der Waals surface area (Å²) in [6.07, 6.45) is -10.2. The molecule has 1 heterocycles. The first-order valence-electron chi connectivity index (χ1n) is 4.21. The van der Waals surface area contributed by atoms with E-state index in [4.69, 9.17) is 9.66 Å². The molecule has 1 saturated heterocycles. The summed E-state index contributed by atoms with van der Waals surface area (Å²) in [5, 5.41) is 36.3. The number of hydrogen-bond donors (Lipinski definition) is 5. The largest absolute Gasteiger partial charge is 0.479 e. The summed E-state index contributed by atoms with van der Waals surface area (Å²) >= 11 is 0. The average Bonchev–Trinajstić information content (AvgIpc) is 2.16. The fourth-order valence-corrected chi connectivity index (χ4v) is 1.79. The summed E-state index contributed by atoms with van der Waals surface area (Å²) in [6.45, 7) is 0. The Morgan fingerprint density at radius 2 is 1.71 bits per heavy atom. The molecule has 1 aliphatic rings. The number of carboxylic acids is 1. The van der Waals surface area contributed by atoms with Gasteiger partial charge >= 0.3 is 16.4 Å². The zero-order chi connectivity index (χ0) is 13.4. The highest BCUT2D eigenvalue weighted by Crippen LogP contribution is 2.23. The van der Waals surface area contributed by atoms with Crippen molar-refractivity contribution in [3.05, 3.63) is 0 Å². The van der Waals surface area contributed by atoms with E-state index in [9.17, 15) is 28.5 Å². The predicted octanol–water partition coefficient (Wildman–Crippen LogP) is -3.30. The fourth-order valence-electron chi connectivity index (χ4n) is 1.30. The maximum Gasteiger partial charge on any atom is 0.397 e. The lowest BCUT2D eigenvalue weighted by atomic mass is 9.99. The van der Waals surface area contributed by atoms with Crippen LogP contribution in [0.4, 0.5) is 0 Å². The van der Waals surface area contributed by atoms with Gasteiger partial charge in [0.25, 0.3) is 0 Å². The quantitative estimate of drug-likeness (QED) is 0.328. The molecule has 1 rings (SSSR count). The van der Waals surface area contributed by atoms with Gasteiger partial charge in [-0.25, -0.2) is 8.98 Å². The number of aliphatic hydroxyl groups excluding tert-OH is 3. The SMILES string of the molecule is O=C(O)C1OC(O)C(OS(=O)(=O)O)[C@@H](O)[C@@H]1O. The molecule has 0 spiro atoms. The topological polar surface area (TPSA) is 171 Å². The number of aliphatic carboxylic acids is 1. The molecule has 3 unspecified atom stereocenters. The molecule has 0 aromatic rings.